The number of Topliss-reactive ketones (excluding diaryl/α,β-unsaturated/α-hetero) is 1. The lowest BCUT2D eigenvalue weighted by Gasteiger charge is -2.29. The maximum absolute atomic E-state index is 12.7. The maximum Gasteiger partial charge on any atom is 0.318 e. The molecule has 3 amide bonds. The third-order valence-electron chi connectivity index (χ3n) is 5.65. The Morgan fingerprint density at radius 2 is 1.58 bits per heavy atom. The van der Waals surface area contributed by atoms with E-state index in [9.17, 15) is 22.8 Å². The lowest BCUT2D eigenvalue weighted by molar-refractivity contribution is -0.126. The first kappa shape index (κ1) is 29.1. The van der Waals surface area contributed by atoms with E-state index in [1.807, 2.05) is 32.0 Å². The van der Waals surface area contributed by atoms with Crippen molar-refractivity contribution in [2.45, 2.75) is 31.2 Å². The number of hydrogen-bond donors (Lipinski definition) is 3. The number of ether oxygens (including phenoxy) is 2. The fourth-order valence-electron chi connectivity index (χ4n) is 3.65. The number of nitrogens with one attached hydrogen (secondary N) is 3. The van der Waals surface area contributed by atoms with Gasteiger partial charge in [0.25, 0.3) is 0 Å². The van der Waals surface area contributed by atoms with Gasteiger partial charge in [-0.25, -0.2) is 17.9 Å². The number of carbonyl (C=O) groups excluding carboxylic acids is 3. The van der Waals surface area contributed by atoms with Gasteiger partial charge in [0.2, 0.25) is 15.9 Å². The van der Waals surface area contributed by atoms with E-state index < -0.39 is 34.3 Å². The summed E-state index contributed by atoms with van der Waals surface area (Å²) in [7, 11) is -3.96. The summed E-state index contributed by atoms with van der Waals surface area (Å²) in [5, 5.41) is 5.23. The van der Waals surface area contributed by atoms with Crippen LogP contribution in [0.25, 0.3) is 0 Å². The van der Waals surface area contributed by atoms with Crippen LogP contribution in [0.3, 0.4) is 0 Å². The van der Waals surface area contributed by atoms with E-state index in [1.165, 1.54) is 24.3 Å². The average molecular weight is 547 g/mol. The van der Waals surface area contributed by atoms with Crippen LogP contribution in [0.15, 0.2) is 59.5 Å². The van der Waals surface area contributed by atoms with Crippen molar-refractivity contribution >= 4 is 27.7 Å². The molecule has 2 aromatic carbocycles. The fourth-order valence-corrected chi connectivity index (χ4v) is 4.66. The van der Waals surface area contributed by atoms with Gasteiger partial charge in [-0.1, -0.05) is 32.0 Å². The van der Waals surface area contributed by atoms with Gasteiger partial charge < -0.3 is 25.0 Å². The molecule has 206 valence electrons. The highest BCUT2D eigenvalue weighted by atomic mass is 32.2. The van der Waals surface area contributed by atoms with Gasteiger partial charge in [0, 0.05) is 13.1 Å². The zero-order chi connectivity index (χ0) is 27.5. The lowest BCUT2D eigenvalue weighted by atomic mass is 10.0. The monoisotopic (exact) mass is 546 g/mol. The number of nitrogens with zero attached hydrogens (tertiary/aromatic N) is 1. The minimum atomic E-state index is -3.96. The third-order valence-corrected chi connectivity index (χ3v) is 7.07. The first-order valence-corrected chi connectivity index (χ1v) is 13.9. The Balaban J connectivity index is 1.48. The predicted molar refractivity (Wildman–Crippen MR) is 140 cm³/mol. The number of hydrogen-bond acceptors (Lipinski definition) is 7. The zero-order valence-electron chi connectivity index (χ0n) is 21.5. The Labute approximate surface area is 222 Å². The standard InChI is InChI=1S/C26H34N4O7S/c1-19(2)16-24(29-26(33)30-12-14-36-15-13-30)25(32)27-17-20(31)18-28-38(34,35)23-10-8-22(9-11-23)37-21-6-4-3-5-7-21/h3-11,19,24,28H,12-18H2,1-2H3,(H,27,32)(H,29,33)/t24-/m0/s1. The Hall–Kier alpha value is -3.48. The maximum atomic E-state index is 12.7. The molecule has 38 heavy (non-hydrogen) atoms. The van der Waals surface area contributed by atoms with Crippen molar-refractivity contribution < 1.29 is 32.3 Å². The molecule has 1 heterocycles. The SMILES string of the molecule is CC(C)C[C@H](NC(=O)N1CCOCC1)C(=O)NCC(=O)CNS(=O)(=O)c1ccc(Oc2ccccc2)cc1. The number of benzene rings is 2. The first-order chi connectivity index (χ1) is 18.1. The van der Waals surface area contributed by atoms with E-state index in [2.05, 4.69) is 15.4 Å². The summed E-state index contributed by atoms with van der Waals surface area (Å²) < 4.78 is 38.3. The van der Waals surface area contributed by atoms with Crippen molar-refractivity contribution in [2.24, 2.45) is 5.92 Å². The first-order valence-electron chi connectivity index (χ1n) is 12.4. The van der Waals surface area contributed by atoms with Gasteiger partial charge in [-0.3, -0.25) is 9.59 Å². The van der Waals surface area contributed by atoms with Gasteiger partial charge in [0.15, 0.2) is 5.78 Å². The molecule has 0 aliphatic carbocycles. The number of carbonyl (C=O) groups is 3. The van der Waals surface area contributed by atoms with E-state index >= 15 is 0 Å². The molecule has 12 heteroatoms. The summed E-state index contributed by atoms with van der Waals surface area (Å²) in [6.07, 6.45) is 0.382. The van der Waals surface area contributed by atoms with Crippen molar-refractivity contribution in [1.29, 1.82) is 0 Å². The van der Waals surface area contributed by atoms with Crippen molar-refractivity contribution in [3.8, 4) is 11.5 Å². The van der Waals surface area contributed by atoms with Gasteiger partial charge in [-0.05, 0) is 48.7 Å². The van der Waals surface area contributed by atoms with Gasteiger partial charge in [-0.2, -0.15) is 0 Å². The summed E-state index contributed by atoms with van der Waals surface area (Å²) >= 11 is 0. The Morgan fingerprint density at radius 3 is 2.21 bits per heavy atom. The van der Waals surface area contributed by atoms with Crippen molar-refractivity contribution in [1.82, 2.24) is 20.3 Å². The van der Waals surface area contributed by atoms with Crippen LogP contribution in [-0.2, 0) is 24.3 Å². The van der Waals surface area contributed by atoms with Crippen LogP contribution in [0, 0.1) is 5.92 Å². The molecule has 0 radical (unpaired) electrons. The van der Waals surface area contributed by atoms with Crippen molar-refractivity contribution in [3.05, 3.63) is 54.6 Å². The number of sulfonamides is 1. The highest BCUT2D eigenvalue weighted by Gasteiger charge is 2.26. The molecule has 0 spiro atoms. The van der Waals surface area contributed by atoms with Crippen LogP contribution in [0.5, 0.6) is 11.5 Å². The molecule has 3 N–H and O–H groups in total. The van der Waals surface area contributed by atoms with Crippen LogP contribution < -0.4 is 20.1 Å². The number of rotatable bonds is 12. The second-order valence-corrected chi connectivity index (χ2v) is 11.0. The van der Waals surface area contributed by atoms with E-state index in [0.29, 0.717) is 44.2 Å². The topological polar surface area (TPSA) is 143 Å². The quantitative estimate of drug-likeness (QED) is 0.369. The van der Waals surface area contributed by atoms with Gasteiger partial charge >= 0.3 is 6.03 Å². The van der Waals surface area contributed by atoms with E-state index in [0.717, 1.165) is 0 Å². The van der Waals surface area contributed by atoms with Crippen LogP contribution in [0.4, 0.5) is 4.79 Å². The summed E-state index contributed by atoms with van der Waals surface area (Å²) in [6, 6.07) is 13.6. The molecule has 1 saturated heterocycles. The molecule has 0 aromatic heterocycles. The molecular formula is C26H34N4O7S. The molecule has 11 nitrogen and oxygen atoms in total. The zero-order valence-corrected chi connectivity index (χ0v) is 22.3. The Kier molecular flexibility index (Phi) is 10.6. The normalized spacial score (nSPS) is 14.6. The Morgan fingerprint density at radius 1 is 0.947 bits per heavy atom. The van der Waals surface area contributed by atoms with Gasteiger partial charge in [0.05, 0.1) is 31.2 Å². The minimum Gasteiger partial charge on any atom is -0.457 e. The summed E-state index contributed by atoms with van der Waals surface area (Å²) in [4.78, 5) is 39.1. The van der Waals surface area contributed by atoms with Crippen LogP contribution in [-0.4, -0.2) is 76.5 Å². The van der Waals surface area contributed by atoms with Gasteiger partial charge in [-0.15, -0.1) is 0 Å². The summed E-state index contributed by atoms with van der Waals surface area (Å²) in [5.74, 6) is 0.151. The second-order valence-electron chi connectivity index (χ2n) is 9.20. The molecule has 1 atom stereocenters. The molecular weight excluding hydrogens is 512 g/mol. The summed E-state index contributed by atoms with van der Waals surface area (Å²) in [5.41, 5.74) is 0. The molecule has 1 aliphatic rings. The third kappa shape index (κ3) is 9.12. The van der Waals surface area contributed by atoms with Crippen molar-refractivity contribution in [2.75, 3.05) is 39.4 Å². The number of para-hydroxylation sites is 1. The minimum absolute atomic E-state index is 0.0300. The molecule has 1 aliphatic heterocycles. The number of morpholine rings is 1. The number of amides is 3. The van der Waals surface area contributed by atoms with Gasteiger partial charge in [0.1, 0.15) is 17.5 Å². The predicted octanol–water partition coefficient (Wildman–Crippen LogP) is 1.90. The van der Waals surface area contributed by atoms with E-state index in [-0.39, 0.29) is 23.4 Å². The van der Waals surface area contributed by atoms with Crippen LogP contribution in [0.1, 0.15) is 20.3 Å². The number of urea groups is 1. The average Bonchev–Trinajstić information content (AvgIpc) is 2.91. The highest BCUT2D eigenvalue weighted by molar-refractivity contribution is 7.89. The molecule has 0 unspecified atom stereocenters. The molecule has 0 saturated carbocycles. The highest BCUT2D eigenvalue weighted by Crippen LogP contribution is 2.22. The molecule has 0 bridgehead atoms. The number of ketones is 1. The lowest BCUT2D eigenvalue weighted by Crippen LogP contribution is -2.54. The van der Waals surface area contributed by atoms with Crippen LogP contribution in [0.2, 0.25) is 0 Å². The van der Waals surface area contributed by atoms with E-state index in [4.69, 9.17) is 9.47 Å². The summed E-state index contributed by atoms with van der Waals surface area (Å²) in [6.45, 7) is 4.69. The molecule has 2 aromatic rings. The molecule has 3 rings (SSSR count). The smallest absolute Gasteiger partial charge is 0.318 e. The Bertz CT molecular complexity index is 1180. The van der Waals surface area contributed by atoms with E-state index in [1.54, 1.807) is 17.0 Å². The van der Waals surface area contributed by atoms with Crippen LogP contribution >= 0.6 is 0 Å². The van der Waals surface area contributed by atoms with Crippen molar-refractivity contribution in [3.63, 3.8) is 0 Å². The second kappa shape index (κ2) is 13.9. The fraction of sp³-hybridized carbons (Fsp3) is 0.423. The molecule has 1 fully saturated rings. The largest absolute Gasteiger partial charge is 0.457 e.